The maximum absolute atomic E-state index is 12.8. The molecule has 5 nitrogen and oxygen atoms in total. The van der Waals surface area contributed by atoms with Crippen LogP contribution in [0.5, 0.6) is 0 Å². The standard InChI is InChI=1S/C22H27N3O2/c1-2-23-16-18-10-6-11-19(14-18)24-22(27)20-12-7-13-25(20)21(26)15-17-8-4-3-5-9-17/h3-6,8-11,14,20,23H,2,7,12-13,15-16H2,1H3,(H,24,27). The first-order valence-electron chi connectivity index (χ1n) is 9.61. The van der Waals surface area contributed by atoms with Crippen molar-refractivity contribution >= 4 is 17.5 Å². The summed E-state index contributed by atoms with van der Waals surface area (Å²) in [7, 11) is 0. The number of hydrogen-bond acceptors (Lipinski definition) is 3. The zero-order chi connectivity index (χ0) is 19.1. The Balaban J connectivity index is 1.62. The number of benzene rings is 2. The molecule has 142 valence electrons. The third-order valence-electron chi connectivity index (χ3n) is 4.85. The van der Waals surface area contributed by atoms with Crippen molar-refractivity contribution in [3.8, 4) is 0 Å². The Morgan fingerprint density at radius 1 is 1.07 bits per heavy atom. The van der Waals surface area contributed by atoms with Crippen LogP contribution in [0.3, 0.4) is 0 Å². The summed E-state index contributed by atoms with van der Waals surface area (Å²) in [5.41, 5.74) is 2.88. The van der Waals surface area contributed by atoms with Crippen LogP contribution in [0.15, 0.2) is 54.6 Å². The third kappa shape index (κ3) is 5.17. The summed E-state index contributed by atoms with van der Waals surface area (Å²) in [6.45, 7) is 4.37. The predicted octanol–water partition coefficient (Wildman–Crippen LogP) is 2.97. The zero-order valence-corrected chi connectivity index (χ0v) is 15.8. The molecule has 1 unspecified atom stereocenters. The summed E-state index contributed by atoms with van der Waals surface area (Å²) in [5.74, 6) is -0.0886. The Bertz CT molecular complexity index is 776. The molecule has 2 amide bonds. The maximum Gasteiger partial charge on any atom is 0.247 e. The Morgan fingerprint density at radius 3 is 2.63 bits per heavy atom. The number of likely N-dealkylation sites (tertiary alicyclic amines) is 1. The first-order chi connectivity index (χ1) is 13.2. The fourth-order valence-corrected chi connectivity index (χ4v) is 3.46. The van der Waals surface area contributed by atoms with Crippen LogP contribution < -0.4 is 10.6 Å². The Hall–Kier alpha value is -2.66. The van der Waals surface area contributed by atoms with Gasteiger partial charge in [0.25, 0.3) is 0 Å². The van der Waals surface area contributed by atoms with Crippen LogP contribution in [-0.2, 0) is 22.6 Å². The lowest BCUT2D eigenvalue weighted by Gasteiger charge is -2.24. The van der Waals surface area contributed by atoms with Gasteiger partial charge in [-0.3, -0.25) is 9.59 Å². The second-order valence-electron chi connectivity index (χ2n) is 6.88. The van der Waals surface area contributed by atoms with Gasteiger partial charge in [0.05, 0.1) is 6.42 Å². The lowest BCUT2D eigenvalue weighted by atomic mass is 10.1. The maximum atomic E-state index is 12.8. The summed E-state index contributed by atoms with van der Waals surface area (Å²) < 4.78 is 0. The zero-order valence-electron chi connectivity index (χ0n) is 15.8. The molecule has 0 spiro atoms. The van der Waals surface area contributed by atoms with Gasteiger partial charge >= 0.3 is 0 Å². The van der Waals surface area contributed by atoms with Crippen molar-refractivity contribution in [2.24, 2.45) is 0 Å². The number of nitrogens with one attached hydrogen (secondary N) is 2. The molecular formula is C22H27N3O2. The van der Waals surface area contributed by atoms with Crippen LogP contribution in [0.25, 0.3) is 0 Å². The van der Waals surface area contributed by atoms with E-state index in [1.54, 1.807) is 4.90 Å². The van der Waals surface area contributed by atoms with E-state index in [0.29, 0.717) is 19.4 Å². The lowest BCUT2D eigenvalue weighted by molar-refractivity contribution is -0.136. The van der Waals surface area contributed by atoms with E-state index in [1.165, 1.54) is 0 Å². The first-order valence-corrected chi connectivity index (χ1v) is 9.61. The number of rotatable bonds is 7. The molecule has 0 aliphatic carbocycles. The van der Waals surface area contributed by atoms with E-state index in [4.69, 9.17) is 0 Å². The first kappa shape index (κ1) is 19.1. The molecule has 2 N–H and O–H groups in total. The lowest BCUT2D eigenvalue weighted by Crippen LogP contribution is -2.43. The highest BCUT2D eigenvalue weighted by molar-refractivity contribution is 5.97. The predicted molar refractivity (Wildman–Crippen MR) is 107 cm³/mol. The van der Waals surface area contributed by atoms with Gasteiger partial charge in [0.1, 0.15) is 6.04 Å². The van der Waals surface area contributed by atoms with Crippen LogP contribution in [0.2, 0.25) is 0 Å². The number of anilines is 1. The molecular weight excluding hydrogens is 338 g/mol. The highest BCUT2D eigenvalue weighted by Gasteiger charge is 2.33. The number of nitrogens with zero attached hydrogens (tertiary/aromatic N) is 1. The molecule has 1 saturated heterocycles. The largest absolute Gasteiger partial charge is 0.330 e. The molecule has 2 aromatic carbocycles. The second kappa shape index (κ2) is 9.33. The molecule has 3 rings (SSSR count). The molecule has 1 aliphatic heterocycles. The topological polar surface area (TPSA) is 61.4 Å². The molecule has 0 radical (unpaired) electrons. The van der Waals surface area contributed by atoms with Gasteiger partial charge in [-0.05, 0) is 42.6 Å². The van der Waals surface area contributed by atoms with Crippen LogP contribution >= 0.6 is 0 Å². The molecule has 0 saturated carbocycles. The van der Waals surface area contributed by atoms with E-state index in [9.17, 15) is 9.59 Å². The van der Waals surface area contributed by atoms with Crippen molar-refractivity contribution in [1.29, 1.82) is 0 Å². The fourth-order valence-electron chi connectivity index (χ4n) is 3.46. The van der Waals surface area contributed by atoms with Gasteiger partial charge < -0.3 is 15.5 Å². The van der Waals surface area contributed by atoms with E-state index in [0.717, 1.165) is 36.3 Å². The highest BCUT2D eigenvalue weighted by Crippen LogP contribution is 2.21. The van der Waals surface area contributed by atoms with Crippen molar-refractivity contribution < 1.29 is 9.59 Å². The van der Waals surface area contributed by atoms with Crippen LogP contribution in [0.1, 0.15) is 30.9 Å². The summed E-state index contributed by atoms with van der Waals surface area (Å²) in [6, 6.07) is 17.1. The Kier molecular flexibility index (Phi) is 6.60. The molecule has 5 heteroatoms. The number of hydrogen-bond donors (Lipinski definition) is 2. The van der Waals surface area contributed by atoms with Crippen LogP contribution in [0.4, 0.5) is 5.69 Å². The monoisotopic (exact) mass is 365 g/mol. The molecule has 0 aromatic heterocycles. The van der Waals surface area contributed by atoms with E-state index in [-0.39, 0.29) is 11.8 Å². The average Bonchev–Trinajstić information content (AvgIpc) is 3.18. The molecule has 1 atom stereocenters. The summed E-state index contributed by atoms with van der Waals surface area (Å²) in [4.78, 5) is 27.2. The normalized spacial score (nSPS) is 16.3. The quantitative estimate of drug-likeness (QED) is 0.793. The number of carbonyl (C=O) groups is 2. The molecule has 1 fully saturated rings. The molecule has 27 heavy (non-hydrogen) atoms. The van der Waals surface area contributed by atoms with E-state index < -0.39 is 6.04 Å². The number of carbonyl (C=O) groups excluding carboxylic acids is 2. The van der Waals surface area contributed by atoms with Gasteiger partial charge in [-0.15, -0.1) is 0 Å². The minimum Gasteiger partial charge on any atom is -0.330 e. The van der Waals surface area contributed by atoms with Crippen molar-refractivity contribution in [2.45, 2.75) is 38.8 Å². The smallest absolute Gasteiger partial charge is 0.247 e. The Labute approximate surface area is 160 Å². The molecule has 1 aliphatic rings. The summed E-state index contributed by atoms with van der Waals surface area (Å²) in [6.07, 6.45) is 1.91. The summed E-state index contributed by atoms with van der Waals surface area (Å²) >= 11 is 0. The van der Waals surface area contributed by atoms with Crippen molar-refractivity contribution in [3.05, 3.63) is 65.7 Å². The van der Waals surface area contributed by atoms with Gasteiger partial charge in [0.15, 0.2) is 0 Å². The SMILES string of the molecule is CCNCc1cccc(NC(=O)C2CCCN2C(=O)Cc2ccccc2)c1. The van der Waals surface area contributed by atoms with Gasteiger partial charge in [-0.1, -0.05) is 49.4 Å². The van der Waals surface area contributed by atoms with Crippen LogP contribution in [0, 0.1) is 0 Å². The second-order valence-corrected chi connectivity index (χ2v) is 6.88. The van der Waals surface area contributed by atoms with Gasteiger partial charge in [0, 0.05) is 18.8 Å². The van der Waals surface area contributed by atoms with E-state index >= 15 is 0 Å². The minimum atomic E-state index is -0.390. The van der Waals surface area contributed by atoms with Gasteiger partial charge in [-0.25, -0.2) is 0 Å². The minimum absolute atomic E-state index is 0.0137. The summed E-state index contributed by atoms with van der Waals surface area (Å²) in [5, 5.41) is 6.27. The van der Waals surface area contributed by atoms with Crippen molar-refractivity contribution in [3.63, 3.8) is 0 Å². The van der Waals surface area contributed by atoms with E-state index in [1.807, 2.05) is 54.6 Å². The van der Waals surface area contributed by atoms with Crippen molar-refractivity contribution in [1.82, 2.24) is 10.2 Å². The average molecular weight is 365 g/mol. The molecule has 0 bridgehead atoms. The molecule has 2 aromatic rings. The number of amides is 2. The van der Waals surface area contributed by atoms with Crippen LogP contribution in [-0.4, -0.2) is 35.8 Å². The van der Waals surface area contributed by atoms with Gasteiger partial charge in [-0.2, -0.15) is 0 Å². The molecule has 1 heterocycles. The van der Waals surface area contributed by atoms with Crippen molar-refractivity contribution in [2.75, 3.05) is 18.4 Å². The fraction of sp³-hybridized carbons (Fsp3) is 0.364. The van der Waals surface area contributed by atoms with Gasteiger partial charge in [0.2, 0.25) is 11.8 Å². The highest BCUT2D eigenvalue weighted by atomic mass is 16.2. The third-order valence-corrected chi connectivity index (χ3v) is 4.85. The Morgan fingerprint density at radius 2 is 1.85 bits per heavy atom. The van der Waals surface area contributed by atoms with E-state index in [2.05, 4.69) is 17.6 Å².